The van der Waals surface area contributed by atoms with Gasteiger partial charge in [0.1, 0.15) is 6.61 Å². The summed E-state index contributed by atoms with van der Waals surface area (Å²) in [6.07, 6.45) is 2.38. The predicted molar refractivity (Wildman–Crippen MR) is 128 cm³/mol. The first kappa shape index (κ1) is 23.8. The van der Waals surface area contributed by atoms with Crippen LogP contribution in [0.5, 0.6) is 0 Å². The van der Waals surface area contributed by atoms with Gasteiger partial charge in [0.25, 0.3) is 0 Å². The van der Waals surface area contributed by atoms with Gasteiger partial charge in [0.15, 0.2) is 0 Å². The highest BCUT2D eigenvalue weighted by Gasteiger charge is 2.37. The fourth-order valence-corrected chi connectivity index (χ4v) is 5.29. The van der Waals surface area contributed by atoms with Crippen LogP contribution >= 0.6 is 0 Å². The van der Waals surface area contributed by atoms with Crippen molar-refractivity contribution < 1.29 is 24.2 Å². The molecule has 180 valence electrons. The molecule has 34 heavy (non-hydrogen) atoms. The number of nitrogens with zero attached hydrogens (tertiary/aromatic N) is 1. The van der Waals surface area contributed by atoms with E-state index < -0.39 is 12.1 Å². The molecule has 0 bridgehead atoms. The number of alkyl carbamates (subject to hydrolysis) is 1. The lowest BCUT2D eigenvalue weighted by Gasteiger charge is -2.28. The number of fused-ring (bicyclic) bond motifs is 3. The molecule has 0 heterocycles. The van der Waals surface area contributed by atoms with Crippen LogP contribution in [0.1, 0.15) is 56.1 Å². The molecule has 2 aliphatic carbocycles. The van der Waals surface area contributed by atoms with Gasteiger partial charge in [0.05, 0.1) is 12.3 Å². The number of hydrogen-bond acceptors (Lipinski definition) is 4. The summed E-state index contributed by atoms with van der Waals surface area (Å²) >= 11 is 0. The number of rotatable bonds is 9. The zero-order chi connectivity index (χ0) is 24.1. The van der Waals surface area contributed by atoms with Crippen molar-refractivity contribution in [3.8, 4) is 11.1 Å². The molecule has 1 fully saturated rings. The number of hydrogen-bond donors (Lipinski definition) is 2. The van der Waals surface area contributed by atoms with E-state index in [1.54, 1.807) is 4.90 Å². The van der Waals surface area contributed by atoms with Gasteiger partial charge in [0.2, 0.25) is 5.91 Å². The fraction of sp³-hybridized carbons (Fsp3) is 0.444. The molecule has 2 aliphatic rings. The van der Waals surface area contributed by atoms with Crippen molar-refractivity contribution in [1.82, 2.24) is 10.2 Å². The molecule has 0 saturated heterocycles. The van der Waals surface area contributed by atoms with E-state index in [0.717, 1.165) is 24.0 Å². The highest BCUT2D eigenvalue weighted by molar-refractivity contribution is 5.82. The Morgan fingerprint density at radius 1 is 1.00 bits per heavy atom. The second-order valence-electron chi connectivity index (χ2n) is 9.08. The van der Waals surface area contributed by atoms with Gasteiger partial charge in [-0.25, -0.2) is 4.79 Å². The van der Waals surface area contributed by atoms with E-state index in [4.69, 9.17) is 9.84 Å². The third kappa shape index (κ3) is 5.08. The minimum Gasteiger partial charge on any atom is -0.481 e. The van der Waals surface area contributed by atoms with Crippen LogP contribution in [0.4, 0.5) is 4.79 Å². The van der Waals surface area contributed by atoms with Crippen LogP contribution in [0.25, 0.3) is 11.1 Å². The fourth-order valence-electron chi connectivity index (χ4n) is 5.29. The molecule has 2 atom stereocenters. The van der Waals surface area contributed by atoms with Gasteiger partial charge >= 0.3 is 12.1 Å². The maximum Gasteiger partial charge on any atom is 0.407 e. The Morgan fingerprint density at radius 3 is 2.26 bits per heavy atom. The minimum absolute atomic E-state index is 0.0183. The molecule has 7 nitrogen and oxygen atoms in total. The number of carboxylic acid groups (broad SMARTS) is 1. The van der Waals surface area contributed by atoms with Crippen LogP contribution < -0.4 is 5.32 Å². The lowest BCUT2D eigenvalue weighted by Crippen LogP contribution is -2.46. The molecule has 0 radical (unpaired) electrons. The average Bonchev–Trinajstić information content (AvgIpc) is 3.42. The zero-order valence-corrected chi connectivity index (χ0v) is 19.5. The van der Waals surface area contributed by atoms with Crippen molar-refractivity contribution in [2.75, 3.05) is 19.7 Å². The third-order valence-corrected chi connectivity index (χ3v) is 6.88. The van der Waals surface area contributed by atoms with E-state index in [2.05, 4.69) is 29.6 Å². The van der Waals surface area contributed by atoms with Gasteiger partial charge in [-0.1, -0.05) is 61.9 Å². The van der Waals surface area contributed by atoms with Crippen molar-refractivity contribution in [3.63, 3.8) is 0 Å². The van der Waals surface area contributed by atoms with Crippen molar-refractivity contribution in [3.05, 3.63) is 59.7 Å². The molecular weight excluding hydrogens is 432 g/mol. The van der Waals surface area contributed by atoms with Crippen LogP contribution in [0.2, 0.25) is 0 Å². The molecule has 2 N–H and O–H groups in total. The van der Waals surface area contributed by atoms with E-state index in [9.17, 15) is 14.4 Å². The summed E-state index contributed by atoms with van der Waals surface area (Å²) in [4.78, 5) is 38.5. The smallest absolute Gasteiger partial charge is 0.407 e. The molecule has 7 heteroatoms. The summed E-state index contributed by atoms with van der Waals surface area (Å²) in [6, 6.07) is 16.1. The molecule has 2 amide bonds. The second-order valence-corrected chi connectivity index (χ2v) is 9.08. The van der Waals surface area contributed by atoms with E-state index >= 15 is 0 Å². The number of benzene rings is 2. The SMILES string of the molecule is CCCN(CCC(=O)O)C(=O)C1CCCC1NC(=O)OCC1c2ccccc2-c2ccccc21. The van der Waals surface area contributed by atoms with E-state index in [-0.39, 0.29) is 43.4 Å². The van der Waals surface area contributed by atoms with Gasteiger partial charge in [-0.3, -0.25) is 9.59 Å². The standard InChI is InChI=1S/C27H32N2O5/c1-2-15-29(16-14-25(30)31)26(32)22-12-7-13-24(22)28-27(33)34-17-23-20-10-5-3-8-18(20)19-9-4-6-11-21(19)23/h3-6,8-11,22-24H,2,7,12-17H2,1H3,(H,28,33)(H,30,31). The summed E-state index contributed by atoms with van der Waals surface area (Å²) in [5.74, 6) is -1.37. The van der Waals surface area contributed by atoms with E-state index in [1.165, 1.54) is 11.1 Å². The highest BCUT2D eigenvalue weighted by Crippen LogP contribution is 2.44. The number of carbonyl (C=O) groups is 3. The second kappa shape index (κ2) is 10.7. The van der Waals surface area contributed by atoms with Gasteiger partial charge < -0.3 is 20.1 Å². The lowest BCUT2D eigenvalue weighted by atomic mass is 9.98. The van der Waals surface area contributed by atoms with Gasteiger partial charge in [0, 0.05) is 25.0 Å². The quantitative estimate of drug-likeness (QED) is 0.573. The number of carboxylic acids is 1. The van der Waals surface area contributed by atoms with Crippen LogP contribution in [-0.4, -0.2) is 53.7 Å². The predicted octanol–water partition coefficient (Wildman–Crippen LogP) is 4.41. The summed E-state index contributed by atoms with van der Waals surface area (Å²) in [5, 5.41) is 11.9. The molecule has 2 unspecified atom stereocenters. The number of nitrogens with one attached hydrogen (secondary N) is 1. The Morgan fingerprint density at radius 2 is 1.65 bits per heavy atom. The molecule has 2 aromatic rings. The summed E-state index contributed by atoms with van der Waals surface area (Å²) in [5.41, 5.74) is 4.65. The molecule has 4 rings (SSSR count). The van der Waals surface area contributed by atoms with Crippen molar-refractivity contribution >= 4 is 18.0 Å². The van der Waals surface area contributed by atoms with Gasteiger partial charge in [-0.05, 0) is 41.5 Å². The molecule has 0 aromatic heterocycles. The molecule has 0 aliphatic heterocycles. The van der Waals surface area contributed by atoms with Crippen molar-refractivity contribution in [2.45, 2.75) is 51.0 Å². The Hall–Kier alpha value is -3.35. The largest absolute Gasteiger partial charge is 0.481 e. The molecule has 1 saturated carbocycles. The Balaban J connectivity index is 1.37. The van der Waals surface area contributed by atoms with Crippen LogP contribution in [0.3, 0.4) is 0 Å². The monoisotopic (exact) mass is 464 g/mol. The first-order chi connectivity index (χ1) is 16.5. The maximum atomic E-state index is 13.1. The minimum atomic E-state index is -0.923. The average molecular weight is 465 g/mol. The van der Waals surface area contributed by atoms with Crippen LogP contribution in [0, 0.1) is 5.92 Å². The Kier molecular flexibility index (Phi) is 7.50. The van der Waals surface area contributed by atoms with Crippen LogP contribution in [-0.2, 0) is 14.3 Å². The molecular formula is C27H32N2O5. The first-order valence-corrected chi connectivity index (χ1v) is 12.1. The van der Waals surface area contributed by atoms with E-state index in [1.807, 2.05) is 31.2 Å². The first-order valence-electron chi connectivity index (χ1n) is 12.1. The Labute approximate surface area is 200 Å². The van der Waals surface area contributed by atoms with Gasteiger partial charge in [-0.15, -0.1) is 0 Å². The van der Waals surface area contributed by atoms with Gasteiger partial charge in [-0.2, -0.15) is 0 Å². The van der Waals surface area contributed by atoms with Crippen molar-refractivity contribution in [1.29, 1.82) is 0 Å². The van der Waals surface area contributed by atoms with Crippen LogP contribution in [0.15, 0.2) is 48.5 Å². The molecule has 0 spiro atoms. The Bertz CT molecular complexity index is 1010. The number of amides is 2. The summed E-state index contributed by atoms with van der Waals surface area (Å²) in [6.45, 7) is 2.89. The normalized spacial score (nSPS) is 18.7. The number of aliphatic carboxylic acids is 1. The molecule has 2 aromatic carbocycles. The van der Waals surface area contributed by atoms with Crippen molar-refractivity contribution in [2.24, 2.45) is 5.92 Å². The lowest BCUT2D eigenvalue weighted by molar-refractivity contribution is -0.140. The summed E-state index contributed by atoms with van der Waals surface area (Å²) in [7, 11) is 0. The zero-order valence-electron chi connectivity index (χ0n) is 19.5. The number of carbonyl (C=O) groups excluding carboxylic acids is 2. The number of ether oxygens (including phenoxy) is 1. The topological polar surface area (TPSA) is 95.9 Å². The third-order valence-electron chi connectivity index (χ3n) is 6.88. The highest BCUT2D eigenvalue weighted by atomic mass is 16.5. The maximum absolute atomic E-state index is 13.1. The summed E-state index contributed by atoms with van der Waals surface area (Å²) < 4.78 is 5.66. The van der Waals surface area contributed by atoms with E-state index in [0.29, 0.717) is 19.4 Å².